The molecule has 0 aromatic heterocycles. The smallest absolute Gasteiger partial charge is 0.251 e. The zero-order valence-corrected chi connectivity index (χ0v) is 18.9. The molecule has 2 heterocycles. The van der Waals surface area contributed by atoms with Gasteiger partial charge in [-0.15, -0.1) is 0 Å². The van der Waals surface area contributed by atoms with Gasteiger partial charge in [0, 0.05) is 36.9 Å². The molecule has 2 amide bonds. The Morgan fingerprint density at radius 3 is 2.38 bits per heavy atom. The highest BCUT2D eigenvalue weighted by molar-refractivity contribution is 6.02. The molecule has 0 bridgehead atoms. The number of fused-ring (bicyclic) bond motifs is 1. The molecular weight excluding hydrogens is 426 g/mol. The average molecular weight is 454 g/mol. The number of hydrogen-bond acceptors (Lipinski definition) is 4. The first kappa shape index (κ1) is 21.8. The summed E-state index contributed by atoms with van der Waals surface area (Å²) in [6.45, 7) is 5.68. The zero-order valence-electron chi connectivity index (χ0n) is 18.9. The predicted octanol–water partition coefficient (Wildman–Crippen LogP) is 4.66. The third-order valence-corrected chi connectivity index (χ3v) is 6.44. The van der Waals surface area contributed by atoms with Crippen LogP contribution in [0, 0.1) is 0 Å². The number of ether oxygens (including phenoxy) is 1. The second-order valence-corrected chi connectivity index (χ2v) is 8.62. The van der Waals surface area contributed by atoms with Crippen molar-refractivity contribution in [1.82, 2.24) is 10.6 Å². The van der Waals surface area contributed by atoms with Crippen LogP contribution < -0.4 is 20.3 Å². The number of nitrogens with one attached hydrogen (secondary N) is 2. The van der Waals surface area contributed by atoms with Gasteiger partial charge in [-0.3, -0.25) is 9.59 Å². The summed E-state index contributed by atoms with van der Waals surface area (Å²) < 4.78 is 5.93. The minimum atomic E-state index is -0.130. The lowest BCUT2D eigenvalue weighted by molar-refractivity contribution is -0.117. The second kappa shape index (κ2) is 9.43. The molecule has 0 unspecified atom stereocenters. The summed E-state index contributed by atoms with van der Waals surface area (Å²) in [6.07, 6.45) is 3.02. The van der Waals surface area contributed by atoms with Crippen molar-refractivity contribution in [2.75, 3.05) is 18.0 Å². The van der Waals surface area contributed by atoms with Gasteiger partial charge in [-0.2, -0.15) is 0 Å². The number of rotatable bonds is 6. The maximum absolute atomic E-state index is 12.5. The summed E-state index contributed by atoms with van der Waals surface area (Å²) in [5.41, 5.74) is 4.89. The van der Waals surface area contributed by atoms with Crippen LogP contribution in [-0.4, -0.2) is 30.9 Å². The monoisotopic (exact) mass is 453 g/mol. The van der Waals surface area contributed by atoms with Crippen LogP contribution >= 0.6 is 0 Å². The predicted molar refractivity (Wildman–Crippen MR) is 133 cm³/mol. The van der Waals surface area contributed by atoms with E-state index in [9.17, 15) is 9.59 Å². The molecule has 3 aromatic carbocycles. The molecule has 0 aliphatic carbocycles. The Balaban J connectivity index is 1.39. The van der Waals surface area contributed by atoms with Crippen LogP contribution in [0.25, 0.3) is 11.1 Å². The molecule has 0 radical (unpaired) electrons. The van der Waals surface area contributed by atoms with E-state index in [-0.39, 0.29) is 17.9 Å². The van der Waals surface area contributed by atoms with Crippen molar-refractivity contribution in [2.24, 2.45) is 0 Å². The lowest BCUT2D eigenvalue weighted by atomic mass is 9.94. The fourth-order valence-electron chi connectivity index (χ4n) is 4.62. The van der Waals surface area contributed by atoms with Crippen LogP contribution in [0.2, 0.25) is 0 Å². The Morgan fingerprint density at radius 1 is 1.00 bits per heavy atom. The van der Waals surface area contributed by atoms with Crippen molar-refractivity contribution in [3.8, 4) is 22.6 Å². The molecular formula is C28H27N3O3. The first-order chi connectivity index (χ1) is 16.6. The van der Waals surface area contributed by atoms with Crippen molar-refractivity contribution in [3.05, 3.63) is 90.5 Å². The summed E-state index contributed by atoms with van der Waals surface area (Å²) in [7, 11) is 0. The average Bonchev–Trinajstić information content (AvgIpc) is 3.25. The van der Waals surface area contributed by atoms with Crippen LogP contribution in [0.4, 0.5) is 5.69 Å². The molecule has 2 aliphatic heterocycles. The van der Waals surface area contributed by atoms with Crippen LogP contribution in [0.1, 0.15) is 28.8 Å². The second-order valence-electron chi connectivity index (χ2n) is 8.62. The van der Waals surface area contributed by atoms with E-state index >= 15 is 0 Å². The standard InChI is InChI=1S/C28H27N3O3/c1-2-27(32)30-20-12-14-31(15-13-20)21-16-24(26-18-29-28(33)25(26)17-21)19-8-10-23(11-9-19)34-22-6-4-3-5-7-22/h2-11,16-17,20H,1,12-15,18H2,(H,29,33)(H,30,32). The number of nitrogens with zero attached hydrogens (tertiary/aromatic N) is 1. The van der Waals surface area contributed by atoms with Crippen LogP contribution in [0.3, 0.4) is 0 Å². The van der Waals surface area contributed by atoms with E-state index in [1.165, 1.54) is 6.08 Å². The maximum atomic E-state index is 12.5. The number of carbonyl (C=O) groups is 2. The number of hydrogen-bond donors (Lipinski definition) is 2. The van der Waals surface area contributed by atoms with E-state index in [0.29, 0.717) is 6.54 Å². The molecule has 2 N–H and O–H groups in total. The topological polar surface area (TPSA) is 70.7 Å². The summed E-state index contributed by atoms with van der Waals surface area (Å²) in [6, 6.07) is 22.0. The molecule has 0 saturated carbocycles. The molecule has 172 valence electrons. The SMILES string of the molecule is C=CC(=O)NC1CCN(c2cc3c(c(-c4ccc(Oc5ccccc5)cc4)c2)CNC3=O)CC1. The van der Waals surface area contributed by atoms with Crippen LogP contribution in [0.15, 0.2) is 79.4 Å². The summed E-state index contributed by atoms with van der Waals surface area (Å²) in [5, 5.41) is 5.95. The molecule has 0 atom stereocenters. The van der Waals surface area contributed by atoms with Gasteiger partial charge in [-0.1, -0.05) is 36.9 Å². The Kier molecular flexibility index (Phi) is 6.04. The minimum absolute atomic E-state index is 0.0322. The van der Waals surface area contributed by atoms with Crippen molar-refractivity contribution >= 4 is 17.5 Å². The van der Waals surface area contributed by atoms with E-state index in [0.717, 1.165) is 65.4 Å². The van der Waals surface area contributed by atoms with E-state index in [1.807, 2.05) is 60.7 Å². The molecule has 34 heavy (non-hydrogen) atoms. The third kappa shape index (κ3) is 4.53. The highest BCUT2D eigenvalue weighted by Gasteiger charge is 2.26. The van der Waals surface area contributed by atoms with Crippen molar-refractivity contribution < 1.29 is 14.3 Å². The van der Waals surface area contributed by atoms with Crippen LogP contribution in [-0.2, 0) is 11.3 Å². The van der Waals surface area contributed by atoms with E-state index in [4.69, 9.17) is 4.74 Å². The molecule has 3 aromatic rings. The summed E-state index contributed by atoms with van der Waals surface area (Å²) >= 11 is 0. The molecule has 0 spiro atoms. The van der Waals surface area contributed by atoms with Gasteiger partial charge in [0.05, 0.1) is 0 Å². The molecule has 1 saturated heterocycles. The highest BCUT2D eigenvalue weighted by atomic mass is 16.5. The number of anilines is 1. The van der Waals surface area contributed by atoms with Gasteiger partial charge in [0.1, 0.15) is 11.5 Å². The van der Waals surface area contributed by atoms with Gasteiger partial charge < -0.3 is 20.3 Å². The minimum Gasteiger partial charge on any atom is -0.457 e. The Hall–Kier alpha value is -4.06. The molecule has 6 nitrogen and oxygen atoms in total. The number of para-hydroxylation sites is 1. The van der Waals surface area contributed by atoms with Crippen LogP contribution in [0.5, 0.6) is 11.5 Å². The van der Waals surface area contributed by atoms with Crippen molar-refractivity contribution in [3.63, 3.8) is 0 Å². The number of piperidine rings is 1. The Labute approximate surface area is 199 Å². The van der Waals surface area contributed by atoms with E-state index in [1.54, 1.807) is 0 Å². The fraction of sp³-hybridized carbons (Fsp3) is 0.214. The molecule has 6 heteroatoms. The van der Waals surface area contributed by atoms with Crippen molar-refractivity contribution in [1.29, 1.82) is 0 Å². The number of benzene rings is 3. The maximum Gasteiger partial charge on any atom is 0.251 e. The van der Waals surface area contributed by atoms with Crippen molar-refractivity contribution in [2.45, 2.75) is 25.4 Å². The lowest BCUT2D eigenvalue weighted by Gasteiger charge is -2.34. The largest absolute Gasteiger partial charge is 0.457 e. The number of amides is 2. The highest BCUT2D eigenvalue weighted by Crippen LogP contribution is 2.36. The molecule has 1 fully saturated rings. The van der Waals surface area contributed by atoms with Gasteiger partial charge in [0.15, 0.2) is 0 Å². The van der Waals surface area contributed by atoms with Gasteiger partial charge in [0.2, 0.25) is 5.91 Å². The summed E-state index contributed by atoms with van der Waals surface area (Å²) in [5.74, 6) is 1.39. The van der Waals surface area contributed by atoms with Gasteiger partial charge in [-0.25, -0.2) is 0 Å². The first-order valence-electron chi connectivity index (χ1n) is 11.6. The number of carbonyl (C=O) groups excluding carboxylic acids is 2. The summed E-state index contributed by atoms with van der Waals surface area (Å²) in [4.78, 5) is 26.5. The normalized spacial score (nSPS) is 15.4. The first-order valence-corrected chi connectivity index (χ1v) is 11.6. The quantitative estimate of drug-likeness (QED) is 0.533. The lowest BCUT2D eigenvalue weighted by Crippen LogP contribution is -2.44. The van der Waals surface area contributed by atoms with Gasteiger partial charge >= 0.3 is 0 Å². The molecule has 5 rings (SSSR count). The van der Waals surface area contributed by atoms with E-state index in [2.05, 4.69) is 28.2 Å². The molecule has 2 aliphatic rings. The Morgan fingerprint density at radius 2 is 1.68 bits per heavy atom. The van der Waals surface area contributed by atoms with Gasteiger partial charge in [-0.05, 0) is 72.0 Å². The Bertz CT molecular complexity index is 1210. The third-order valence-electron chi connectivity index (χ3n) is 6.44. The van der Waals surface area contributed by atoms with Gasteiger partial charge in [0.25, 0.3) is 5.91 Å². The zero-order chi connectivity index (χ0) is 23.5. The van der Waals surface area contributed by atoms with E-state index < -0.39 is 0 Å². The fourth-order valence-corrected chi connectivity index (χ4v) is 4.62.